The Morgan fingerprint density at radius 3 is 2.48 bits per heavy atom. The number of hydrogen-bond donors (Lipinski definition) is 3. The molecule has 0 aliphatic heterocycles. The van der Waals surface area contributed by atoms with Crippen molar-refractivity contribution in [3.05, 3.63) is 70.0 Å². The molecule has 0 bridgehead atoms. The van der Waals surface area contributed by atoms with Crippen LogP contribution in [0.25, 0.3) is 0 Å². The molecule has 132 valence electrons. The van der Waals surface area contributed by atoms with Gasteiger partial charge >= 0.3 is 6.03 Å². The molecular weight excluding hydrogens is 327 g/mol. The monoisotopic (exact) mass is 346 g/mol. The van der Waals surface area contributed by atoms with Crippen LogP contribution in [0.4, 0.5) is 20.6 Å². The normalized spacial score (nSPS) is 11.4. The van der Waals surface area contributed by atoms with Crippen molar-refractivity contribution < 1.29 is 14.1 Å². The van der Waals surface area contributed by atoms with E-state index in [-0.39, 0.29) is 11.5 Å². The number of urea groups is 1. The van der Waals surface area contributed by atoms with E-state index in [9.17, 15) is 19.3 Å². The molecule has 7 nitrogen and oxygen atoms in total. The average molecular weight is 346 g/mol. The van der Waals surface area contributed by atoms with Crippen LogP contribution < -0.4 is 16.0 Å². The molecular formula is C17H19FN4O3. The van der Waals surface area contributed by atoms with E-state index in [0.717, 1.165) is 0 Å². The van der Waals surface area contributed by atoms with Crippen LogP contribution in [-0.4, -0.2) is 24.0 Å². The van der Waals surface area contributed by atoms with Gasteiger partial charge in [0.1, 0.15) is 5.82 Å². The van der Waals surface area contributed by atoms with Crippen molar-refractivity contribution in [2.75, 3.05) is 18.4 Å². The van der Waals surface area contributed by atoms with Crippen molar-refractivity contribution >= 4 is 17.4 Å². The number of amides is 2. The topological polar surface area (TPSA) is 96.3 Å². The highest BCUT2D eigenvalue weighted by Crippen LogP contribution is 2.16. The lowest BCUT2D eigenvalue weighted by Crippen LogP contribution is -2.39. The van der Waals surface area contributed by atoms with E-state index in [4.69, 9.17) is 0 Å². The van der Waals surface area contributed by atoms with Crippen molar-refractivity contribution in [3.63, 3.8) is 0 Å². The summed E-state index contributed by atoms with van der Waals surface area (Å²) in [5, 5.41) is 18.9. The van der Waals surface area contributed by atoms with Gasteiger partial charge in [0.25, 0.3) is 5.69 Å². The van der Waals surface area contributed by atoms with Crippen molar-refractivity contribution in [1.82, 2.24) is 10.6 Å². The molecule has 8 heteroatoms. The fourth-order valence-electron chi connectivity index (χ4n) is 2.24. The van der Waals surface area contributed by atoms with Gasteiger partial charge in [-0.2, -0.15) is 0 Å². The first-order valence-electron chi connectivity index (χ1n) is 7.74. The molecule has 1 unspecified atom stereocenters. The molecule has 0 aliphatic carbocycles. The predicted octanol–water partition coefficient (Wildman–Crippen LogP) is 3.21. The number of carbonyl (C=O) groups excluding carboxylic acids is 1. The number of nitro benzene ring substituents is 1. The highest BCUT2D eigenvalue weighted by atomic mass is 19.1. The first-order chi connectivity index (χ1) is 12.0. The number of non-ortho nitro benzene ring substituents is 1. The van der Waals surface area contributed by atoms with E-state index in [1.54, 1.807) is 37.3 Å². The summed E-state index contributed by atoms with van der Waals surface area (Å²) in [6.07, 6.45) is 0. The van der Waals surface area contributed by atoms with Crippen molar-refractivity contribution in [3.8, 4) is 0 Å². The Kier molecular flexibility index (Phi) is 6.27. The maximum atomic E-state index is 13.6. The molecule has 0 fully saturated rings. The second-order valence-corrected chi connectivity index (χ2v) is 5.37. The minimum Gasteiger partial charge on any atom is -0.383 e. The Morgan fingerprint density at radius 1 is 1.16 bits per heavy atom. The summed E-state index contributed by atoms with van der Waals surface area (Å²) in [4.78, 5) is 21.9. The van der Waals surface area contributed by atoms with E-state index >= 15 is 0 Å². The Hall–Kier alpha value is -3.16. The minimum absolute atomic E-state index is 0.0187. The number of nitrogens with zero attached hydrogens (tertiary/aromatic N) is 1. The van der Waals surface area contributed by atoms with Crippen molar-refractivity contribution in [2.45, 2.75) is 13.0 Å². The average Bonchev–Trinajstić information content (AvgIpc) is 2.59. The fourth-order valence-corrected chi connectivity index (χ4v) is 2.24. The first kappa shape index (κ1) is 18.2. The lowest BCUT2D eigenvalue weighted by molar-refractivity contribution is -0.384. The summed E-state index contributed by atoms with van der Waals surface area (Å²) < 4.78 is 13.6. The van der Waals surface area contributed by atoms with Gasteiger partial charge in [-0.15, -0.1) is 0 Å². The summed E-state index contributed by atoms with van der Waals surface area (Å²) >= 11 is 0. The van der Waals surface area contributed by atoms with Gasteiger partial charge in [-0.25, -0.2) is 9.18 Å². The number of halogens is 1. The smallest absolute Gasteiger partial charge is 0.315 e. The van der Waals surface area contributed by atoms with Crippen LogP contribution in [0.3, 0.4) is 0 Å². The summed E-state index contributed by atoms with van der Waals surface area (Å²) in [6, 6.07) is 11.4. The number of anilines is 1. The van der Waals surface area contributed by atoms with Gasteiger partial charge in [-0.3, -0.25) is 10.1 Å². The SMILES string of the molecule is CC(NC(=O)NCCNc1ccc([N+](=O)[O-])cc1)c1ccccc1F. The molecule has 25 heavy (non-hydrogen) atoms. The summed E-state index contributed by atoms with van der Waals surface area (Å²) in [7, 11) is 0. The van der Waals surface area contributed by atoms with Crippen LogP contribution in [-0.2, 0) is 0 Å². The number of carbonyl (C=O) groups is 1. The number of benzene rings is 2. The quantitative estimate of drug-likeness (QED) is 0.407. The number of nitro groups is 1. The highest BCUT2D eigenvalue weighted by Gasteiger charge is 2.12. The molecule has 0 saturated carbocycles. The predicted molar refractivity (Wildman–Crippen MR) is 92.9 cm³/mol. The molecule has 0 saturated heterocycles. The maximum absolute atomic E-state index is 13.6. The van der Waals surface area contributed by atoms with Gasteiger partial charge < -0.3 is 16.0 Å². The van der Waals surface area contributed by atoms with Crippen LogP contribution in [0.15, 0.2) is 48.5 Å². The lowest BCUT2D eigenvalue weighted by atomic mass is 10.1. The third kappa shape index (κ3) is 5.45. The van der Waals surface area contributed by atoms with Gasteiger partial charge in [0.2, 0.25) is 0 Å². The van der Waals surface area contributed by atoms with Gasteiger partial charge in [-0.05, 0) is 25.1 Å². The molecule has 1 atom stereocenters. The number of nitrogens with one attached hydrogen (secondary N) is 3. The summed E-state index contributed by atoms with van der Waals surface area (Å²) in [5.41, 5.74) is 1.15. The van der Waals surface area contributed by atoms with Crippen molar-refractivity contribution in [2.24, 2.45) is 0 Å². The first-order valence-corrected chi connectivity index (χ1v) is 7.74. The molecule has 0 aliphatic rings. The lowest BCUT2D eigenvalue weighted by Gasteiger charge is -2.16. The maximum Gasteiger partial charge on any atom is 0.315 e. The minimum atomic E-state index is -0.466. The molecule has 2 aromatic carbocycles. The van der Waals surface area contributed by atoms with Crippen LogP contribution in [0, 0.1) is 15.9 Å². The third-order valence-corrected chi connectivity index (χ3v) is 3.54. The van der Waals surface area contributed by atoms with Crippen molar-refractivity contribution in [1.29, 1.82) is 0 Å². The molecule has 0 heterocycles. The number of hydrogen-bond acceptors (Lipinski definition) is 4. The zero-order chi connectivity index (χ0) is 18.2. The van der Waals surface area contributed by atoms with E-state index < -0.39 is 17.0 Å². The molecule has 3 N–H and O–H groups in total. The van der Waals surface area contributed by atoms with Crippen LogP contribution in [0.1, 0.15) is 18.5 Å². The van der Waals surface area contributed by atoms with E-state index in [1.165, 1.54) is 18.2 Å². The molecule has 0 radical (unpaired) electrons. The highest BCUT2D eigenvalue weighted by molar-refractivity contribution is 5.74. The third-order valence-electron chi connectivity index (χ3n) is 3.54. The fraction of sp³-hybridized carbons (Fsp3) is 0.235. The van der Waals surface area contributed by atoms with E-state index in [2.05, 4.69) is 16.0 Å². The molecule has 2 amide bonds. The van der Waals surface area contributed by atoms with Crippen LogP contribution in [0.2, 0.25) is 0 Å². The van der Waals surface area contributed by atoms with Gasteiger partial charge in [0.05, 0.1) is 11.0 Å². The Morgan fingerprint density at radius 2 is 1.84 bits per heavy atom. The molecule has 2 rings (SSSR count). The second kappa shape index (κ2) is 8.62. The van der Waals surface area contributed by atoms with Crippen LogP contribution in [0.5, 0.6) is 0 Å². The van der Waals surface area contributed by atoms with Gasteiger partial charge in [-0.1, -0.05) is 18.2 Å². The van der Waals surface area contributed by atoms with Gasteiger partial charge in [0.15, 0.2) is 0 Å². The summed E-state index contributed by atoms with van der Waals surface area (Å²) in [6.45, 7) is 2.49. The Bertz CT molecular complexity index is 737. The molecule has 2 aromatic rings. The zero-order valence-corrected chi connectivity index (χ0v) is 13.7. The second-order valence-electron chi connectivity index (χ2n) is 5.37. The van der Waals surface area contributed by atoms with Gasteiger partial charge in [0, 0.05) is 36.5 Å². The molecule has 0 aromatic heterocycles. The molecule has 0 spiro atoms. The van der Waals surface area contributed by atoms with E-state index in [1.807, 2.05) is 0 Å². The summed E-state index contributed by atoms with van der Waals surface area (Å²) in [5.74, 6) is -0.366. The van der Waals surface area contributed by atoms with E-state index in [0.29, 0.717) is 24.3 Å². The largest absolute Gasteiger partial charge is 0.383 e. The Labute approximate surface area is 144 Å². The standard InChI is InChI=1S/C17H19FN4O3/c1-12(15-4-2-3-5-16(15)18)21-17(23)20-11-10-19-13-6-8-14(9-7-13)22(24)25/h2-9,12,19H,10-11H2,1H3,(H2,20,21,23). The zero-order valence-electron chi connectivity index (χ0n) is 13.7. The van der Waals surface area contributed by atoms with Crippen LogP contribution >= 0.6 is 0 Å². The Balaban J connectivity index is 1.71. The number of rotatable bonds is 7.